The van der Waals surface area contributed by atoms with Crippen LogP contribution < -0.4 is 4.74 Å². The van der Waals surface area contributed by atoms with E-state index in [1.54, 1.807) is 0 Å². The van der Waals surface area contributed by atoms with Crippen molar-refractivity contribution in [1.29, 1.82) is 0 Å². The Hall–Kier alpha value is 0.160. The first kappa shape index (κ1) is 14.6. The van der Waals surface area contributed by atoms with Gasteiger partial charge in [-0.1, -0.05) is 47.8 Å². The maximum absolute atomic E-state index is 5.93. The van der Waals surface area contributed by atoms with E-state index in [0.717, 1.165) is 35.0 Å². The van der Waals surface area contributed by atoms with E-state index in [-0.39, 0.29) is 0 Å². The molecule has 0 unspecified atom stereocenters. The van der Waals surface area contributed by atoms with Crippen LogP contribution in [0.5, 0.6) is 11.5 Å². The van der Waals surface area contributed by atoms with E-state index in [0.29, 0.717) is 0 Å². The van der Waals surface area contributed by atoms with Gasteiger partial charge in [-0.05, 0) is 53.2 Å². The Morgan fingerprint density at radius 2 is 1.44 bits per heavy atom. The van der Waals surface area contributed by atoms with Gasteiger partial charge in [-0.25, -0.2) is 0 Å². The molecule has 2 rings (SSSR count). The molecule has 0 aromatic heterocycles. The van der Waals surface area contributed by atoms with Crippen LogP contribution in [0.1, 0.15) is 5.56 Å². The van der Waals surface area contributed by atoms with E-state index in [1.807, 2.05) is 37.3 Å². The summed E-state index contributed by atoms with van der Waals surface area (Å²) in [7, 11) is 0. The second kappa shape index (κ2) is 6.07. The lowest BCUT2D eigenvalue weighted by molar-refractivity contribution is 0.475. The maximum Gasteiger partial charge on any atom is 0.141 e. The fourth-order valence-electron chi connectivity index (χ4n) is 1.40. The molecule has 0 aliphatic carbocycles. The van der Waals surface area contributed by atoms with Gasteiger partial charge in [0.05, 0.1) is 4.47 Å². The summed E-state index contributed by atoms with van der Waals surface area (Å²) in [5.74, 6) is 1.60. The van der Waals surface area contributed by atoms with E-state index in [2.05, 4.69) is 63.7 Å². The predicted octanol–water partition coefficient (Wildman–Crippen LogP) is 6.84. The zero-order chi connectivity index (χ0) is 13.3. The molecular formula is C13H8Br4O. The number of benzene rings is 2. The van der Waals surface area contributed by atoms with E-state index in [1.165, 1.54) is 0 Å². The fraction of sp³-hybridized carbons (Fsp3) is 0.0769. The molecule has 0 saturated heterocycles. The van der Waals surface area contributed by atoms with Crippen LogP contribution in [0, 0.1) is 6.92 Å². The minimum atomic E-state index is 0.784. The van der Waals surface area contributed by atoms with Gasteiger partial charge in [0.1, 0.15) is 11.5 Å². The molecule has 0 radical (unpaired) electrons. The third kappa shape index (κ3) is 3.38. The Morgan fingerprint density at radius 1 is 0.778 bits per heavy atom. The Balaban J connectivity index is 2.40. The second-order valence-electron chi connectivity index (χ2n) is 3.69. The summed E-state index contributed by atoms with van der Waals surface area (Å²) < 4.78 is 9.84. The van der Waals surface area contributed by atoms with Crippen LogP contribution in [0.4, 0.5) is 0 Å². The molecule has 0 fully saturated rings. The molecule has 0 spiro atoms. The van der Waals surface area contributed by atoms with Gasteiger partial charge in [-0.3, -0.25) is 0 Å². The molecule has 0 bridgehead atoms. The molecule has 5 heteroatoms. The van der Waals surface area contributed by atoms with E-state index in [4.69, 9.17) is 4.74 Å². The van der Waals surface area contributed by atoms with Crippen LogP contribution in [-0.2, 0) is 0 Å². The summed E-state index contributed by atoms with van der Waals surface area (Å²) in [6, 6.07) is 9.77. The lowest BCUT2D eigenvalue weighted by Crippen LogP contribution is -1.90. The van der Waals surface area contributed by atoms with Crippen molar-refractivity contribution in [3.63, 3.8) is 0 Å². The summed E-state index contributed by atoms with van der Waals surface area (Å²) >= 11 is 13.9. The highest BCUT2D eigenvalue weighted by Gasteiger charge is 2.09. The summed E-state index contributed by atoms with van der Waals surface area (Å²) in [4.78, 5) is 0. The van der Waals surface area contributed by atoms with Crippen molar-refractivity contribution in [1.82, 2.24) is 0 Å². The Labute approximate surface area is 139 Å². The Kier molecular flexibility index (Phi) is 4.92. The topological polar surface area (TPSA) is 9.23 Å². The SMILES string of the molecule is Cc1c(Br)cc(Br)cc1Oc1ccc(Br)cc1Br. The molecule has 1 nitrogen and oxygen atoms in total. The standard InChI is InChI=1S/C13H8Br4O/c1-7-10(16)5-9(15)6-13(7)18-12-3-2-8(14)4-11(12)17/h2-6H,1H3. The van der Waals surface area contributed by atoms with Crippen molar-refractivity contribution < 1.29 is 4.74 Å². The zero-order valence-electron chi connectivity index (χ0n) is 9.31. The van der Waals surface area contributed by atoms with Crippen molar-refractivity contribution in [2.75, 3.05) is 0 Å². The normalized spacial score (nSPS) is 10.5. The Morgan fingerprint density at radius 3 is 2.11 bits per heavy atom. The van der Waals surface area contributed by atoms with Crippen LogP contribution >= 0.6 is 63.7 Å². The van der Waals surface area contributed by atoms with Crippen molar-refractivity contribution in [3.8, 4) is 11.5 Å². The molecule has 0 atom stereocenters. The molecular weight excluding hydrogens is 492 g/mol. The van der Waals surface area contributed by atoms with Gasteiger partial charge in [0, 0.05) is 19.0 Å². The number of hydrogen-bond acceptors (Lipinski definition) is 1. The number of ether oxygens (including phenoxy) is 1. The highest BCUT2D eigenvalue weighted by molar-refractivity contribution is 9.11. The van der Waals surface area contributed by atoms with Crippen molar-refractivity contribution >= 4 is 63.7 Å². The van der Waals surface area contributed by atoms with E-state index < -0.39 is 0 Å². The maximum atomic E-state index is 5.93. The molecule has 0 saturated carbocycles. The third-order valence-electron chi connectivity index (χ3n) is 2.38. The van der Waals surface area contributed by atoms with Crippen LogP contribution in [0.3, 0.4) is 0 Å². The first-order valence-corrected chi connectivity index (χ1v) is 8.23. The highest BCUT2D eigenvalue weighted by atomic mass is 79.9. The largest absolute Gasteiger partial charge is 0.456 e. The monoisotopic (exact) mass is 496 g/mol. The van der Waals surface area contributed by atoms with Gasteiger partial charge >= 0.3 is 0 Å². The van der Waals surface area contributed by atoms with Crippen LogP contribution in [0.2, 0.25) is 0 Å². The smallest absolute Gasteiger partial charge is 0.141 e. The minimum Gasteiger partial charge on any atom is -0.456 e. The summed E-state index contributed by atoms with van der Waals surface area (Å²) in [5.41, 5.74) is 1.06. The third-order valence-corrected chi connectivity index (χ3v) is 4.77. The minimum absolute atomic E-state index is 0.784. The number of halogens is 4. The predicted molar refractivity (Wildman–Crippen MR) is 88.5 cm³/mol. The molecule has 0 heterocycles. The van der Waals surface area contributed by atoms with Gasteiger partial charge in [0.25, 0.3) is 0 Å². The van der Waals surface area contributed by atoms with Gasteiger partial charge < -0.3 is 4.74 Å². The summed E-state index contributed by atoms with van der Waals surface area (Å²) in [6.07, 6.45) is 0. The van der Waals surface area contributed by atoms with Crippen LogP contribution in [0.25, 0.3) is 0 Å². The van der Waals surface area contributed by atoms with Crippen LogP contribution in [-0.4, -0.2) is 0 Å². The first-order chi connectivity index (χ1) is 8.47. The van der Waals surface area contributed by atoms with E-state index >= 15 is 0 Å². The molecule has 18 heavy (non-hydrogen) atoms. The lowest BCUT2D eigenvalue weighted by Gasteiger charge is -2.12. The molecule has 2 aromatic rings. The van der Waals surface area contributed by atoms with Gasteiger partial charge in [-0.2, -0.15) is 0 Å². The average molecular weight is 500 g/mol. The number of hydrogen-bond donors (Lipinski definition) is 0. The van der Waals surface area contributed by atoms with Crippen molar-refractivity contribution in [3.05, 3.63) is 53.8 Å². The highest BCUT2D eigenvalue weighted by Crippen LogP contribution is 2.37. The van der Waals surface area contributed by atoms with Gasteiger partial charge in [0.2, 0.25) is 0 Å². The molecule has 0 amide bonds. The molecule has 0 aliphatic rings. The lowest BCUT2D eigenvalue weighted by atomic mass is 10.2. The van der Waals surface area contributed by atoms with Gasteiger partial charge in [-0.15, -0.1) is 0 Å². The first-order valence-electron chi connectivity index (χ1n) is 5.06. The molecule has 0 aliphatic heterocycles. The summed E-state index contributed by atoms with van der Waals surface area (Å²) in [5, 5.41) is 0. The van der Waals surface area contributed by atoms with Crippen molar-refractivity contribution in [2.45, 2.75) is 6.92 Å². The Bertz CT molecular complexity index is 596. The quantitative estimate of drug-likeness (QED) is 0.440. The van der Waals surface area contributed by atoms with E-state index in [9.17, 15) is 0 Å². The zero-order valence-corrected chi connectivity index (χ0v) is 15.7. The van der Waals surface area contributed by atoms with Gasteiger partial charge in [0.15, 0.2) is 0 Å². The number of rotatable bonds is 2. The average Bonchev–Trinajstić information content (AvgIpc) is 2.29. The fourth-order valence-corrected chi connectivity index (χ4v) is 3.72. The second-order valence-corrected chi connectivity index (χ2v) is 7.23. The van der Waals surface area contributed by atoms with Crippen LogP contribution in [0.15, 0.2) is 48.2 Å². The molecule has 94 valence electrons. The molecule has 2 aromatic carbocycles. The summed E-state index contributed by atoms with van der Waals surface area (Å²) in [6.45, 7) is 2.01. The van der Waals surface area contributed by atoms with Crippen molar-refractivity contribution in [2.24, 2.45) is 0 Å². The molecule has 0 N–H and O–H groups in total.